The second-order valence-corrected chi connectivity index (χ2v) is 7.94. The zero-order chi connectivity index (χ0) is 23.3. The van der Waals surface area contributed by atoms with Crippen LogP contribution in [0.3, 0.4) is 0 Å². The van der Waals surface area contributed by atoms with Crippen molar-refractivity contribution in [1.29, 1.82) is 0 Å². The number of methoxy groups -OCH3 is 2. The zero-order valence-electron chi connectivity index (χ0n) is 19.5. The molecule has 0 saturated carbocycles. The SMILES string of the molecule is COc1cc2nc(NCCNC(=O)CCl)nc(NCCCCCCN(C)C)c2cc1OC. The maximum atomic E-state index is 11.3. The Bertz CT molecular complexity index is 865. The van der Waals surface area contributed by atoms with Crippen molar-refractivity contribution in [3.05, 3.63) is 12.1 Å². The lowest BCUT2D eigenvalue weighted by atomic mass is 10.1. The number of ether oxygens (including phenoxy) is 2. The molecule has 0 saturated heterocycles. The van der Waals surface area contributed by atoms with Gasteiger partial charge in [0.2, 0.25) is 11.9 Å². The maximum Gasteiger partial charge on any atom is 0.234 e. The number of alkyl halides is 1. The molecular formula is C22H35ClN6O3. The minimum Gasteiger partial charge on any atom is -0.493 e. The van der Waals surface area contributed by atoms with Gasteiger partial charge >= 0.3 is 0 Å². The Morgan fingerprint density at radius 3 is 2.38 bits per heavy atom. The lowest BCUT2D eigenvalue weighted by Crippen LogP contribution is -2.29. The Morgan fingerprint density at radius 2 is 1.69 bits per heavy atom. The summed E-state index contributed by atoms with van der Waals surface area (Å²) >= 11 is 5.50. The summed E-state index contributed by atoms with van der Waals surface area (Å²) in [5.74, 6) is 2.16. The van der Waals surface area contributed by atoms with Gasteiger partial charge in [0.25, 0.3) is 0 Å². The molecular weight excluding hydrogens is 432 g/mol. The molecule has 0 aliphatic rings. The highest BCUT2D eigenvalue weighted by molar-refractivity contribution is 6.27. The lowest BCUT2D eigenvalue weighted by Gasteiger charge is -2.15. The summed E-state index contributed by atoms with van der Waals surface area (Å²) in [6.07, 6.45) is 4.62. The van der Waals surface area contributed by atoms with E-state index in [1.165, 1.54) is 12.8 Å². The number of nitrogens with one attached hydrogen (secondary N) is 3. The highest BCUT2D eigenvalue weighted by Crippen LogP contribution is 2.34. The van der Waals surface area contributed by atoms with Gasteiger partial charge in [0.1, 0.15) is 11.7 Å². The fraction of sp³-hybridized carbons (Fsp3) is 0.591. The fourth-order valence-corrected chi connectivity index (χ4v) is 3.30. The molecule has 1 heterocycles. The first-order chi connectivity index (χ1) is 15.5. The van der Waals surface area contributed by atoms with Gasteiger partial charge in [-0.1, -0.05) is 12.8 Å². The number of hydrogen-bond donors (Lipinski definition) is 3. The van der Waals surface area contributed by atoms with E-state index in [0.717, 1.165) is 42.7 Å². The zero-order valence-corrected chi connectivity index (χ0v) is 20.2. The van der Waals surface area contributed by atoms with Crippen LogP contribution in [0.2, 0.25) is 0 Å². The molecule has 0 atom stereocenters. The lowest BCUT2D eigenvalue weighted by molar-refractivity contribution is -0.118. The molecule has 0 radical (unpaired) electrons. The second-order valence-electron chi connectivity index (χ2n) is 7.67. The molecule has 0 aliphatic carbocycles. The largest absolute Gasteiger partial charge is 0.493 e. The molecule has 178 valence electrons. The first-order valence-corrected chi connectivity index (χ1v) is 11.4. The van der Waals surface area contributed by atoms with Crippen molar-refractivity contribution >= 4 is 40.2 Å². The van der Waals surface area contributed by atoms with Crippen molar-refractivity contribution < 1.29 is 14.3 Å². The summed E-state index contributed by atoms with van der Waals surface area (Å²) < 4.78 is 10.9. The van der Waals surface area contributed by atoms with Crippen molar-refractivity contribution in [3.8, 4) is 11.5 Å². The second kappa shape index (κ2) is 13.8. The standard InChI is InChI=1S/C22H35ClN6O3/c1-29(2)12-8-6-5-7-9-25-21-16-13-18(31-3)19(32-4)14-17(16)27-22(28-21)26-11-10-24-20(30)15-23/h13-14H,5-12,15H2,1-4H3,(H,24,30)(H2,25,26,27,28). The van der Waals surface area contributed by atoms with Crippen LogP contribution in [-0.2, 0) is 4.79 Å². The molecule has 2 aromatic rings. The highest BCUT2D eigenvalue weighted by Gasteiger charge is 2.13. The summed E-state index contributed by atoms with van der Waals surface area (Å²) in [5.41, 5.74) is 0.735. The Hall–Kier alpha value is -2.52. The van der Waals surface area contributed by atoms with Crippen LogP contribution in [0.25, 0.3) is 10.9 Å². The summed E-state index contributed by atoms with van der Waals surface area (Å²) in [7, 11) is 7.40. The third kappa shape index (κ3) is 8.20. The topological polar surface area (TPSA) is 101 Å². The Balaban J connectivity index is 2.09. The predicted octanol–water partition coefficient (Wildman–Crippen LogP) is 2.95. The minimum absolute atomic E-state index is 0.0582. The summed E-state index contributed by atoms with van der Waals surface area (Å²) in [6.45, 7) is 2.83. The third-order valence-electron chi connectivity index (χ3n) is 4.88. The van der Waals surface area contributed by atoms with Gasteiger partial charge in [-0.15, -0.1) is 11.6 Å². The predicted molar refractivity (Wildman–Crippen MR) is 130 cm³/mol. The monoisotopic (exact) mass is 466 g/mol. The van der Waals surface area contributed by atoms with Crippen LogP contribution in [0.5, 0.6) is 11.5 Å². The van der Waals surface area contributed by atoms with Crippen LogP contribution in [0.1, 0.15) is 25.7 Å². The Labute approximate surface area is 195 Å². The number of rotatable bonds is 15. The number of unbranched alkanes of at least 4 members (excludes halogenated alkanes) is 3. The minimum atomic E-state index is -0.210. The number of carbonyl (C=O) groups excluding carboxylic acids is 1. The van der Waals surface area contributed by atoms with Gasteiger partial charge in [-0.05, 0) is 39.5 Å². The van der Waals surface area contributed by atoms with Crippen molar-refractivity contribution in [1.82, 2.24) is 20.2 Å². The van der Waals surface area contributed by atoms with Gasteiger partial charge in [-0.25, -0.2) is 4.98 Å². The van der Waals surface area contributed by atoms with E-state index in [2.05, 4.69) is 44.9 Å². The van der Waals surface area contributed by atoms with Crippen molar-refractivity contribution in [2.75, 3.05) is 71.0 Å². The average Bonchev–Trinajstić information content (AvgIpc) is 2.79. The van der Waals surface area contributed by atoms with E-state index in [1.54, 1.807) is 14.2 Å². The fourth-order valence-electron chi connectivity index (χ4n) is 3.21. The highest BCUT2D eigenvalue weighted by atomic mass is 35.5. The van der Waals surface area contributed by atoms with E-state index in [1.807, 2.05) is 12.1 Å². The smallest absolute Gasteiger partial charge is 0.234 e. The molecule has 0 aliphatic heterocycles. The molecule has 0 fully saturated rings. The van der Waals surface area contributed by atoms with E-state index in [-0.39, 0.29) is 11.8 Å². The van der Waals surface area contributed by atoms with Gasteiger partial charge in [0, 0.05) is 31.1 Å². The van der Waals surface area contributed by atoms with Gasteiger partial charge in [0.15, 0.2) is 11.5 Å². The number of halogens is 1. The molecule has 32 heavy (non-hydrogen) atoms. The maximum absolute atomic E-state index is 11.3. The Kier molecular flexibility index (Phi) is 11.1. The Morgan fingerprint density at radius 1 is 0.969 bits per heavy atom. The van der Waals surface area contributed by atoms with E-state index in [9.17, 15) is 4.79 Å². The van der Waals surface area contributed by atoms with Crippen LogP contribution in [-0.4, -0.2) is 81.1 Å². The average molecular weight is 467 g/mol. The molecule has 9 nitrogen and oxygen atoms in total. The van der Waals surface area contributed by atoms with Crippen LogP contribution in [0.15, 0.2) is 12.1 Å². The number of benzene rings is 1. The molecule has 0 unspecified atom stereocenters. The van der Waals surface area contributed by atoms with Crippen LogP contribution < -0.4 is 25.4 Å². The number of aromatic nitrogens is 2. The molecule has 10 heteroatoms. The normalized spacial score (nSPS) is 10.9. The molecule has 0 spiro atoms. The van der Waals surface area contributed by atoms with Crippen LogP contribution in [0.4, 0.5) is 11.8 Å². The quantitative estimate of drug-likeness (QED) is 0.272. The number of fused-ring (bicyclic) bond motifs is 1. The van der Waals surface area contributed by atoms with Gasteiger partial charge in [-0.3, -0.25) is 4.79 Å². The van der Waals surface area contributed by atoms with E-state index in [0.29, 0.717) is 30.5 Å². The van der Waals surface area contributed by atoms with Crippen LogP contribution in [0, 0.1) is 0 Å². The van der Waals surface area contributed by atoms with Gasteiger partial charge < -0.3 is 30.3 Å². The molecule has 1 aromatic carbocycles. The molecule has 0 bridgehead atoms. The van der Waals surface area contributed by atoms with E-state index in [4.69, 9.17) is 21.1 Å². The first kappa shape index (κ1) is 25.7. The molecule has 3 N–H and O–H groups in total. The van der Waals surface area contributed by atoms with E-state index >= 15 is 0 Å². The van der Waals surface area contributed by atoms with Crippen molar-refractivity contribution in [2.24, 2.45) is 0 Å². The van der Waals surface area contributed by atoms with Crippen molar-refractivity contribution in [2.45, 2.75) is 25.7 Å². The third-order valence-corrected chi connectivity index (χ3v) is 5.12. The van der Waals surface area contributed by atoms with E-state index < -0.39 is 0 Å². The number of carbonyl (C=O) groups is 1. The summed E-state index contributed by atoms with van der Waals surface area (Å²) in [5, 5.41) is 10.2. The summed E-state index contributed by atoms with van der Waals surface area (Å²) in [6, 6.07) is 3.72. The number of anilines is 2. The molecule has 1 amide bonds. The molecule has 2 rings (SSSR count). The molecule has 1 aromatic heterocycles. The number of nitrogens with zero attached hydrogens (tertiary/aromatic N) is 3. The number of hydrogen-bond acceptors (Lipinski definition) is 8. The van der Waals surface area contributed by atoms with Crippen molar-refractivity contribution in [3.63, 3.8) is 0 Å². The summed E-state index contributed by atoms with van der Waals surface area (Å²) in [4.78, 5) is 22.8. The van der Waals surface area contributed by atoms with Crippen LogP contribution >= 0.6 is 11.6 Å². The number of amides is 1. The first-order valence-electron chi connectivity index (χ1n) is 10.9. The van der Waals surface area contributed by atoms with Gasteiger partial charge in [-0.2, -0.15) is 4.98 Å². The van der Waals surface area contributed by atoms with Gasteiger partial charge in [0.05, 0.1) is 19.7 Å².